The SMILES string of the molecule is [C-]#[N+]c1ccc(Oc2cncn2Cc2ccc(-n3ccccc3=O)cc2)cc1. The Bertz CT molecular complexity index is 1180. The van der Waals surface area contributed by atoms with Crippen LogP contribution in [0.4, 0.5) is 5.69 Å². The van der Waals surface area contributed by atoms with E-state index in [-0.39, 0.29) is 5.56 Å². The van der Waals surface area contributed by atoms with Gasteiger partial charge in [-0.2, -0.15) is 0 Å². The number of imidazole rings is 1. The molecule has 0 atom stereocenters. The molecular weight excluding hydrogens is 352 g/mol. The van der Waals surface area contributed by atoms with Crippen molar-refractivity contribution in [3.05, 3.63) is 113 Å². The van der Waals surface area contributed by atoms with Gasteiger partial charge in [0.25, 0.3) is 5.56 Å². The molecule has 0 aliphatic rings. The fraction of sp³-hybridized carbons (Fsp3) is 0.0455. The van der Waals surface area contributed by atoms with E-state index in [0.29, 0.717) is 23.9 Å². The zero-order valence-electron chi connectivity index (χ0n) is 14.9. The molecule has 0 radical (unpaired) electrons. The third-order valence-electron chi connectivity index (χ3n) is 4.25. The van der Waals surface area contributed by atoms with Gasteiger partial charge in [0.15, 0.2) is 5.69 Å². The van der Waals surface area contributed by atoms with Crippen molar-refractivity contribution < 1.29 is 4.74 Å². The van der Waals surface area contributed by atoms with Crippen LogP contribution in [-0.2, 0) is 6.54 Å². The summed E-state index contributed by atoms with van der Waals surface area (Å²) in [6.07, 6.45) is 5.11. The van der Waals surface area contributed by atoms with Gasteiger partial charge in [0.05, 0.1) is 25.6 Å². The van der Waals surface area contributed by atoms with Gasteiger partial charge >= 0.3 is 0 Å². The van der Waals surface area contributed by atoms with Crippen LogP contribution in [0, 0.1) is 6.57 Å². The Balaban J connectivity index is 1.51. The second kappa shape index (κ2) is 7.64. The molecule has 0 amide bonds. The predicted octanol–water partition coefficient (Wildman–Crippen LogP) is 4.43. The molecule has 28 heavy (non-hydrogen) atoms. The summed E-state index contributed by atoms with van der Waals surface area (Å²) in [5.74, 6) is 1.26. The number of benzene rings is 2. The van der Waals surface area contributed by atoms with Gasteiger partial charge in [-0.3, -0.25) is 13.9 Å². The van der Waals surface area contributed by atoms with Gasteiger partial charge in [-0.1, -0.05) is 30.3 Å². The number of aromatic nitrogens is 3. The van der Waals surface area contributed by atoms with E-state index in [2.05, 4.69) is 9.83 Å². The average molecular weight is 368 g/mol. The van der Waals surface area contributed by atoms with E-state index < -0.39 is 0 Å². The second-order valence-corrected chi connectivity index (χ2v) is 6.14. The molecule has 2 aromatic heterocycles. The van der Waals surface area contributed by atoms with Gasteiger partial charge < -0.3 is 4.74 Å². The Labute approximate surface area is 161 Å². The minimum atomic E-state index is -0.0650. The Morgan fingerprint density at radius 3 is 2.50 bits per heavy atom. The molecule has 4 rings (SSSR count). The van der Waals surface area contributed by atoms with E-state index in [1.54, 1.807) is 53.6 Å². The Morgan fingerprint density at radius 2 is 1.79 bits per heavy atom. The molecule has 0 bridgehead atoms. The van der Waals surface area contributed by atoms with E-state index in [4.69, 9.17) is 11.3 Å². The van der Waals surface area contributed by atoms with Crippen LogP contribution in [0.2, 0.25) is 0 Å². The third-order valence-corrected chi connectivity index (χ3v) is 4.25. The molecule has 0 aliphatic heterocycles. The molecular formula is C22H16N4O2. The van der Waals surface area contributed by atoms with Crippen LogP contribution in [0.25, 0.3) is 10.5 Å². The van der Waals surface area contributed by atoms with Crippen LogP contribution in [-0.4, -0.2) is 14.1 Å². The van der Waals surface area contributed by atoms with Gasteiger partial charge in [-0.15, -0.1) is 0 Å². The lowest BCUT2D eigenvalue weighted by Gasteiger charge is -2.11. The Morgan fingerprint density at radius 1 is 1.00 bits per heavy atom. The zero-order chi connectivity index (χ0) is 19.3. The van der Waals surface area contributed by atoms with Crippen molar-refractivity contribution in [2.24, 2.45) is 0 Å². The Kier molecular flexibility index (Phi) is 4.72. The minimum absolute atomic E-state index is 0.0650. The molecule has 0 unspecified atom stereocenters. The van der Waals surface area contributed by atoms with Gasteiger partial charge in [-0.25, -0.2) is 9.83 Å². The summed E-state index contributed by atoms with van der Waals surface area (Å²) in [6.45, 7) is 7.59. The van der Waals surface area contributed by atoms with Crippen molar-refractivity contribution in [1.82, 2.24) is 14.1 Å². The predicted molar refractivity (Wildman–Crippen MR) is 106 cm³/mol. The summed E-state index contributed by atoms with van der Waals surface area (Å²) < 4.78 is 9.38. The maximum Gasteiger partial charge on any atom is 0.255 e. The molecule has 2 aromatic carbocycles. The van der Waals surface area contributed by atoms with E-state index in [9.17, 15) is 4.79 Å². The number of ether oxygens (including phenoxy) is 1. The van der Waals surface area contributed by atoms with E-state index >= 15 is 0 Å². The topological polar surface area (TPSA) is 53.4 Å². The molecule has 0 aliphatic carbocycles. The van der Waals surface area contributed by atoms with E-state index in [1.807, 2.05) is 34.9 Å². The van der Waals surface area contributed by atoms with Crippen molar-refractivity contribution in [1.29, 1.82) is 0 Å². The van der Waals surface area contributed by atoms with Crippen LogP contribution in [0.15, 0.2) is 90.2 Å². The molecule has 0 fully saturated rings. The lowest BCUT2D eigenvalue weighted by Crippen LogP contribution is -2.15. The minimum Gasteiger partial charge on any atom is -0.439 e. The first-order chi connectivity index (χ1) is 13.7. The summed E-state index contributed by atoms with van der Waals surface area (Å²) in [7, 11) is 0. The maximum absolute atomic E-state index is 11.9. The van der Waals surface area contributed by atoms with Crippen LogP contribution in [0.3, 0.4) is 0 Å². The molecule has 0 N–H and O–H groups in total. The van der Waals surface area contributed by atoms with Crippen molar-refractivity contribution >= 4 is 5.69 Å². The molecule has 6 nitrogen and oxygen atoms in total. The lowest BCUT2D eigenvalue weighted by molar-refractivity contribution is 0.436. The second-order valence-electron chi connectivity index (χ2n) is 6.14. The van der Waals surface area contributed by atoms with Crippen molar-refractivity contribution in [3.8, 4) is 17.3 Å². The smallest absolute Gasteiger partial charge is 0.255 e. The molecule has 4 aromatic rings. The number of hydrogen-bond donors (Lipinski definition) is 0. The lowest BCUT2D eigenvalue weighted by atomic mass is 10.2. The monoisotopic (exact) mass is 368 g/mol. The first-order valence-corrected chi connectivity index (χ1v) is 8.65. The quantitative estimate of drug-likeness (QED) is 0.490. The molecule has 0 saturated heterocycles. The van der Waals surface area contributed by atoms with Crippen molar-refractivity contribution in [2.75, 3.05) is 0 Å². The first-order valence-electron chi connectivity index (χ1n) is 8.65. The molecule has 0 spiro atoms. The van der Waals surface area contributed by atoms with Gasteiger partial charge in [-0.05, 0) is 35.9 Å². The highest BCUT2D eigenvalue weighted by molar-refractivity contribution is 5.47. The zero-order valence-corrected chi connectivity index (χ0v) is 14.9. The van der Waals surface area contributed by atoms with Gasteiger partial charge in [0, 0.05) is 18.0 Å². The van der Waals surface area contributed by atoms with E-state index in [0.717, 1.165) is 11.3 Å². The summed E-state index contributed by atoms with van der Waals surface area (Å²) in [6, 6.07) is 19.8. The van der Waals surface area contributed by atoms with Gasteiger partial charge in [0.2, 0.25) is 5.88 Å². The summed E-state index contributed by atoms with van der Waals surface area (Å²) in [4.78, 5) is 19.5. The third kappa shape index (κ3) is 3.69. The fourth-order valence-corrected chi connectivity index (χ4v) is 2.82. The van der Waals surface area contributed by atoms with Gasteiger partial charge in [0.1, 0.15) is 5.75 Å². The highest BCUT2D eigenvalue weighted by Gasteiger charge is 2.07. The summed E-state index contributed by atoms with van der Waals surface area (Å²) >= 11 is 0. The number of nitrogens with zero attached hydrogens (tertiary/aromatic N) is 4. The average Bonchev–Trinajstić information content (AvgIpc) is 3.16. The van der Waals surface area contributed by atoms with E-state index in [1.165, 1.54) is 6.07 Å². The van der Waals surface area contributed by atoms with Crippen molar-refractivity contribution in [3.63, 3.8) is 0 Å². The van der Waals surface area contributed by atoms with Crippen LogP contribution in [0.5, 0.6) is 11.6 Å². The standard InChI is InChI=1S/C22H16N4O2/c1-23-18-7-11-20(12-8-18)28-22-14-24-16-25(22)15-17-5-9-19(10-6-17)26-13-3-2-4-21(26)27/h2-14,16H,15H2. The Hall–Kier alpha value is -4.11. The largest absolute Gasteiger partial charge is 0.439 e. The van der Waals surface area contributed by atoms with Crippen LogP contribution in [0.1, 0.15) is 5.56 Å². The normalized spacial score (nSPS) is 10.4. The fourth-order valence-electron chi connectivity index (χ4n) is 2.82. The summed E-state index contributed by atoms with van der Waals surface area (Å²) in [5.41, 5.74) is 2.37. The highest BCUT2D eigenvalue weighted by Crippen LogP contribution is 2.24. The molecule has 0 saturated carbocycles. The number of pyridine rings is 1. The van der Waals surface area contributed by atoms with Crippen LogP contribution < -0.4 is 10.3 Å². The molecule has 6 heteroatoms. The van der Waals surface area contributed by atoms with Crippen molar-refractivity contribution in [2.45, 2.75) is 6.54 Å². The molecule has 136 valence electrons. The van der Waals surface area contributed by atoms with Crippen LogP contribution >= 0.6 is 0 Å². The maximum atomic E-state index is 11.9. The molecule has 2 heterocycles. The number of hydrogen-bond acceptors (Lipinski definition) is 3. The highest BCUT2D eigenvalue weighted by atomic mass is 16.5. The first kappa shape index (κ1) is 17.3. The number of rotatable bonds is 5. The summed E-state index contributed by atoms with van der Waals surface area (Å²) in [5, 5.41) is 0.